The molecule has 96 valence electrons. The molecule has 0 spiro atoms. The highest BCUT2D eigenvalue weighted by molar-refractivity contribution is 5.80. The number of nitrogens with zero attached hydrogens (tertiary/aromatic N) is 1. The van der Waals surface area contributed by atoms with Crippen LogP contribution in [-0.4, -0.2) is 28.5 Å². The maximum Gasteiger partial charge on any atom is 0.326 e. The van der Waals surface area contributed by atoms with Crippen molar-refractivity contribution in [2.45, 2.75) is 13.0 Å². The molecule has 0 fully saturated rings. The number of fused-ring (bicyclic) bond motifs is 1. The first kappa shape index (κ1) is 12.4. The van der Waals surface area contributed by atoms with Gasteiger partial charge in [-0.3, -0.25) is 9.36 Å². The fourth-order valence-electron chi connectivity index (χ4n) is 1.79. The highest BCUT2D eigenvalue weighted by atomic mass is 16.2. The molecule has 6 heteroatoms. The van der Waals surface area contributed by atoms with Crippen LogP contribution in [0.5, 0.6) is 0 Å². The zero-order chi connectivity index (χ0) is 13.0. The van der Waals surface area contributed by atoms with Gasteiger partial charge in [0.1, 0.15) is 6.54 Å². The van der Waals surface area contributed by atoms with Crippen LogP contribution < -0.4 is 16.7 Å². The summed E-state index contributed by atoms with van der Waals surface area (Å²) in [5.41, 5.74) is 6.53. The summed E-state index contributed by atoms with van der Waals surface area (Å²) in [6, 6.07) is 7.28. The molecule has 1 amide bonds. The van der Waals surface area contributed by atoms with Crippen LogP contribution in [0.1, 0.15) is 6.42 Å². The Labute approximate surface area is 104 Å². The van der Waals surface area contributed by atoms with Gasteiger partial charge in [0.25, 0.3) is 0 Å². The van der Waals surface area contributed by atoms with Crippen LogP contribution in [0, 0.1) is 0 Å². The fourth-order valence-corrected chi connectivity index (χ4v) is 1.79. The standard InChI is InChI=1S/C12H16N4O2/c13-6-3-7-14-11(17)8-16-10-5-2-1-4-9(10)15-12(16)18/h1-2,4-5H,3,6-8,13H2,(H,14,17)(H,15,18). The molecule has 0 atom stereocenters. The van der Waals surface area contributed by atoms with E-state index in [9.17, 15) is 9.59 Å². The first-order valence-electron chi connectivity index (χ1n) is 5.86. The first-order chi connectivity index (χ1) is 8.72. The van der Waals surface area contributed by atoms with E-state index in [4.69, 9.17) is 5.73 Å². The van der Waals surface area contributed by atoms with E-state index in [0.29, 0.717) is 13.1 Å². The second-order valence-corrected chi connectivity index (χ2v) is 4.03. The summed E-state index contributed by atoms with van der Waals surface area (Å²) in [5, 5.41) is 2.72. The van der Waals surface area contributed by atoms with Crippen LogP contribution in [0.25, 0.3) is 11.0 Å². The second kappa shape index (κ2) is 5.50. The Morgan fingerprint density at radius 3 is 2.94 bits per heavy atom. The minimum atomic E-state index is -0.273. The Morgan fingerprint density at radius 2 is 2.17 bits per heavy atom. The average Bonchev–Trinajstić information content (AvgIpc) is 2.67. The molecule has 18 heavy (non-hydrogen) atoms. The lowest BCUT2D eigenvalue weighted by molar-refractivity contribution is -0.121. The molecule has 0 aliphatic heterocycles. The van der Waals surface area contributed by atoms with E-state index in [0.717, 1.165) is 17.5 Å². The van der Waals surface area contributed by atoms with Gasteiger partial charge in [-0.15, -0.1) is 0 Å². The van der Waals surface area contributed by atoms with Gasteiger partial charge >= 0.3 is 5.69 Å². The normalized spacial score (nSPS) is 10.7. The SMILES string of the molecule is NCCCNC(=O)Cn1c(=O)[nH]c2ccccc21. The van der Waals surface area contributed by atoms with Gasteiger partial charge in [-0.2, -0.15) is 0 Å². The molecule has 0 aliphatic carbocycles. The van der Waals surface area contributed by atoms with Crippen LogP contribution in [0.4, 0.5) is 0 Å². The summed E-state index contributed by atoms with van der Waals surface area (Å²) in [4.78, 5) is 26.1. The Kier molecular flexibility index (Phi) is 3.78. The summed E-state index contributed by atoms with van der Waals surface area (Å²) in [6.45, 7) is 1.09. The lowest BCUT2D eigenvalue weighted by Crippen LogP contribution is -2.32. The molecule has 1 heterocycles. The minimum absolute atomic E-state index is 0.0212. The van der Waals surface area contributed by atoms with Crippen LogP contribution in [0.2, 0.25) is 0 Å². The van der Waals surface area contributed by atoms with Crippen molar-refractivity contribution in [2.75, 3.05) is 13.1 Å². The van der Waals surface area contributed by atoms with Crippen molar-refractivity contribution in [3.05, 3.63) is 34.7 Å². The molecular formula is C12H16N4O2. The number of benzene rings is 1. The number of amides is 1. The van der Waals surface area contributed by atoms with Crippen molar-refractivity contribution in [1.82, 2.24) is 14.9 Å². The molecule has 0 bridgehead atoms. The van der Waals surface area contributed by atoms with Crippen LogP contribution >= 0.6 is 0 Å². The van der Waals surface area contributed by atoms with Gasteiger partial charge in [0, 0.05) is 6.54 Å². The average molecular weight is 248 g/mol. The Bertz CT molecular complexity index is 599. The molecule has 1 aromatic carbocycles. The van der Waals surface area contributed by atoms with E-state index < -0.39 is 0 Å². The third kappa shape index (κ3) is 2.60. The van der Waals surface area contributed by atoms with Crippen LogP contribution in [-0.2, 0) is 11.3 Å². The van der Waals surface area contributed by atoms with Gasteiger partial charge in [0.05, 0.1) is 11.0 Å². The van der Waals surface area contributed by atoms with Crippen LogP contribution in [0.3, 0.4) is 0 Å². The second-order valence-electron chi connectivity index (χ2n) is 4.03. The molecule has 0 saturated carbocycles. The summed E-state index contributed by atoms with van der Waals surface area (Å²) in [5.74, 6) is -0.185. The number of para-hydroxylation sites is 2. The summed E-state index contributed by atoms with van der Waals surface area (Å²) in [7, 11) is 0. The fraction of sp³-hybridized carbons (Fsp3) is 0.333. The monoisotopic (exact) mass is 248 g/mol. The smallest absolute Gasteiger partial charge is 0.326 e. The number of hydrogen-bond acceptors (Lipinski definition) is 3. The highest BCUT2D eigenvalue weighted by Crippen LogP contribution is 2.08. The minimum Gasteiger partial charge on any atom is -0.354 e. The third-order valence-electron chi connectivity index (χ3n) is 2.69. The maximum absolute atomic E-state index is 11.7. The number of nitrogens with one attached hydrogen (secondary N) is 2. The predicted octanol–water partition coefficient (Wildman–Crippen LogP) is -0.205. The molecule has 4 N–H and O–H groups in total. The van der Waals surface area contributed by atoms with Crippen molar-refractivity contribution < 1.29 is 4.79 Å². The molecule has 2 aromatic rings. The molecular weight excluding hydrogens is 232 g/mol. The zero-order valence-electron chi connectivity index (χ0n) is 9.98. The number of aromatic nitrogens is 2. The van der Waals surface area contributed by atoms with Gasteiger partial charge in [-0.25, -0.2) is 4.79 Å². The number of carbonyl (C=O) groups excluding carboxylic acids is 1. The van der Waals surface area contributed by atoms with Crippen molar-refractivity contribution in [3.63, 3.8) is 0 Å². The predicted molar refractivity (Wildman–Crippen MR) is 69.2 cm³/mol. The molecule has 6 nitrogen and oxygen atoms in total. The van der Waals surface area contributed by atoms with E-state index in [1.807, 2.05) is 12.1 Å². The Morgan fingerprint density at radius 1 is 1.39 bits per heavy atom. The first-order valence-corrected chi connectivity index (χ1v) is 5.86. The Balaban J connectivity index is 2.14. The van der Waals surface area contributed by atoms with Gasteiger partial charge in [0.15, 0.2) is 0 Å². The van der Waals surface area contributed by atoms with E-state index >= 15 is 0 Å². The largest absolute Gasteiger partial charge is 0.354 e. The van der Waals surface area contributed by atoms with Gasteiger partial charge in [-0.05, 0) is 25.1 Å². The van der Waals surface area contributed by atoms with Gasteiger partial charge < -0.3 is 16.0 Å². The van der Waals surface area contributed by atoms with Gasteiger partial charge in [0.2, 0.25) is 5.91 Å². The lowest BCUT2D eigenvalue weighted by Gasteiger charge is -2.05. The molecule has 0 unspecified atom stereocenters. The molecule has 0 aliphatic rings. The van der Waals surface area contributed by atoms with Crippen molar-refractivity contribution >= 4 is 16.9 Å². The number of imidazole rings is 1. The van der Waals surface area contributed by atoms with Crippen LogP contribution in [0.15, 0.2) is 29.1 Å². The number of carbonyl (C=O) groups is 1. The summed E-state index contributed by atoms with van der Waals surface area (Å²) >= 11 is 0. The van der Waals surface area contributed by atoms with Crippen molar-refractivity contribution in [2.24, 2.45) is 5.73 Å². The van der Waals surface area contributed by atoms with E-state index in [1.165, 1.54) is 4.57 Å². The lowest BCUT2D eigenvalue weighted by atomic mass is 10.3. The number of nitrogens with two attached hydrogens (primary N) is 1. The van der Waals surface area contributed by atoms with E-state index in [1.54, 1.807) is 12.1 Å². The van der Waals surface area contributed by atoms with Crippen molar-refractivity contribution in [1.29, 1.82) is 0 Å². The van der Waals surface area contributed by atoms with Gasteiger partial charge in [-0.1, -0.05) is 12.1 Å². The van der Waals surface area contributed by atoms with Crippen molar-refractivity contribution in [3.8, 4) is 0 Å². The number of rotatable bonds is 5. The summed E-state index contributed by atoms with van der Waals surface area (Å²) in [6.07, 6.45) is 0.731. The number of hydrogen-bond donors (Lipinski definition) is 3. The molecule has 0 saturated heterocycles. The van der Waals surface area contributed by atoms with E-state index in [-0.39, 0.29) is 18.1 Å². The number of H-pyrrole nitrogens is 1. The Hall–Kier alpha value is -2.08. The highest BCUT2D eigenvalue weighted by Gasteiger charge is 2.09. The number of aromatic amines is 1. The quantitative estimate of drug-likeness (QED) is 0.639. The maximum atomic E-state index is 11.7. The molecule has 2 rings (SSSR count). The topological polar surface area (TPSA) is 92.9 Å². The molecule has 1 aromatic heterocycles. The third-order valence-corrected chi connectivity index (χ3v) is 2.69. The summed E-state index contributed by atoms with van der Waals surface area (Å²) < 4.78 is 1.42. The van der Waals surface area contributed by atoms with E-state index in [2.05, 4.69) is 10.3 Å². The zero-order valence-corrected chi connectivity index (χ0v) is 9.98. The molecule has 0 radical (unpaired) electrons.